The van der Waals surface area contributed by atoms with E-state index in [0.29, 0.717) is 6.54 Å². The van der Waals surface area contributed by atoms with Gasteiger partial charge in [0.15, 0.2) is 5.69 Å². The fraction of sp³-hybridized carbons (Fsp3) is 0.300. The van der Waals surface area contributed by atoms with E-state index >= 15 is 0 Å². The number of rotatable bonds is 5. The van der Waals surface area contributed by atoms with Crippen molar-refractivity contribution in [1.82, 2.24) is 24.9 Å². The first kappa shape index (κ1) is 18.0. The van der Waals surface area contributed by atoms with Gasteiger partial charge in [-0.25, -0.2) is 4.68 Å². The Morgan fingerprint density at radius 3 is 2.89 bits per heavy atom. The van der Waals surface area contributed by atoms with Gasteiger partial charge in [-0.3, -0.25) is 14.3 Å². The molecule has 4 rings (SSSR count). The third-order valence-electron chi connectivity index (χ3n) is 4.74. The van der Waals surface area contributed by atoms with E-state index in [4.69, 9.17) is 4.74 Å². The molecule has 0 aliphatic carbocycles. The van der Waals surface area contributed by atoms with Crippen LogP contribution in [0.4, 0.5) is 0 Å². The summed E-state index contributed by atoms with van der Waals surface area (Å²) in [5.74, 6) is -0.877. The number of para-hydroxylation sites is 1. The Labute approximate surface area is 162 Å². The zero-order valence-corrected chi connectivity index (χ0v) is 15.8. The van der Waals surface area contributed by atoms with Crippen molar-refractivity contribution in [2.45, 2.75) is 26.8 Å². The van der Waals surface area contributed by atoms with Crippen molar-refractivity contribution in [2.24, 2.45) is 0 Å². The molecular weight excluding hydrogens is 358 g/mol. The lowest BCUT2D eigenvalue weighted by Crippen LogP contribution is -2.31. The number of nitrogens with one attached hydrogen (secondary N) is 1. The molecule has 0 bridgehead atoms. The Kier molecular flexibility index (Phi) is 4.68. The van der Waals surface area contributed by atoms with Crippen LogP contribution in [-0.4, -0.2) is 44.6 Å². The van der Waals surface area contributed by atoms with Crippen LogP contribution in [0.25, 0.3) is 17.1 Å². The molecule has 0 spiro atoms. The highest BCUT2D eigenvalue weighted by molar-refractivity contribution is 5.95. The van der Waals surface area contributed by atoms with Gasteiger partial charge in [-0.1, -0.05) is 18.2 Å². The molecule has 0 atom stereocenters. The lowest BCUT2D eigenvalue weighted by atomic mass is 10.1. The Bertz CT molecular complexity index is 1050. The van der Waals surface area contributed by atoms with Crippen LogP contribution in [-0.2, 0) is 22.5 Å². The summed E-state index contributed by atoms with van der Waals surface area (Å²) in [4.78, 5) is 23.9. The molecule has 1 N–H and O–H groups in total. The van der Waals surface area contributed by atoms with Crippen LogP contribution >= 0.6 is 0 Å². The molecule has 2 aromatic heterocycles. The maximum Gasteiger partial charge on any atom is 0.325 e. The molecule has 0 saturated carbocycles. The van der Waals surface area contributed by atoms with E-state index < -0.39 is 11.9 Å². The van der Waals surface area contributed by atoms with Crippen molar-refractivity contribution in [3.63, 3.8) is 0 Å². The number of carbonyl (C=O) groups excluding carboxylic acids is 2. The molecular formula is C20H21N5O3. The smallest absolute Gasteiger partial charge is 0.325 e. The van der Waals surface area contributed by atoms with E-state index in [-0.39, 0.29) is 18.8 Å². The summed E-state index contributed by atoms with van der Waals surface area (Å²) in [7, 11) is 0. The fourth-order valence-corrected chi connectivity index (χ4v) is 3.39. The SMILES string of the molecule is CCOC(=O)CNC(=O)c1cc2n(n1)CCc1cnn(-c3ccccc3C)c1-2. The van der Waals surface area contributed by atoms with Crippen LogP contribution in [0.2, 0.25) is 0 Å². The van der Waals surface area contributed by atoms with Gasteiger partial charge >= 0.3 is 5.97 Å². The molecule has 1 amide bonds. The number of fused-ring (bicyclic) bond motifs is 3. The highest BCUT2D eigenvalue weighted by Gasteiger charge is 2.26. The van der Waals surface area contributed by atoms with Gasteiger partial charge in [0.05, 0.1) is 29.9 Å². The number of amides is 1. The number of aryl methyl sites for hydroxylation is 3. The molecule has 1 aromatic carbocycles. The van der Waals surface area contributed by atoms with Gasteiger partial charge in [0, 0.05) is 12.1 Å². The Hall–Kier alpha value is -3.42. The average molecular weight is 379 g/mol. The summed E-state index contributed by atoms with van der Waals surface area (Å²) >= 11 is 0. The number of aromatic nitrogens is 4. The quantitative estimate of drug-likeness (QED) is 0.684. The summed E-state index contributed by atoms with van der Waals surface area (Å²) in [5, 5.41) is 11.6. The molecule has 0 fully saturated rings. The first-order chi connectivity index (χ1) is 13.6. The molecule has 0 radical (unpaired) electrons. The minimum Gasteiger partial charge on any atom is -0.465 e. The number of hydrogen-bond acceptors (Lipinski definition) is 5. The first-order valence-electron chi connectivity index (χ1n) is 9.23. The molecule has 1 aliphatic heterocycles. The van der Waals surface area contributed by atoms with Crippen LogP contribution in [0, 0.1) is 6.92 Å². The first-order valence-corrected chi connectivity index (χ1v) is 9.23. The van der Waals surface area contributed by atoms with Crippen molar-refractivity contribution in [3.05, 3.63) is 53.3 Å². The topological polar surface area (TPSA) is 91.0 Å². The van der Waals surface area contributed by atoms with Crippen LogP contribution in [0.3, 0.4) is 0 Å². The van der Waals surface area contributed by atoms with Crippen molar-refractivity contribution < 1.29 is 14.3 Å². The van der Waals surface area contributed by atoms with Gasteiger partial charge < -0.3 is 10.1 Å². The number of nitrogens with zero attached hydrogens (tertiary/aromatic N) is 4. The monoisotopic (exact) mass is 379 g/mol. The summed E-state index contributed by atoms with van der Waals surface area (Å²) < 4.78 is 8.55. The van der Waals surface area contributed by atoms with Gasteiger partial charge in [0.2, 0.25) is 0 Å². The van der Waals surface area contributed by atoms with Crippen LogP contribution in [0.15, 0.2) is 36.5 Å². The number of ether oxygens (including phenoxy) is 1. The number of hydrogen-bond donors (Lipinski definition) is 1. The largest absolute Gasteiger partial charge is 0.465 e. The van der Waals surface area contributed by atoms with Crippen molar-refractivity contribution >= 4 is 11.9 Å². The minimum atomic E-state index is -0.472. The van der Waals surface area contributed by atoms with Crippen LogP contribution < -0.4 is 5.32 Å². The minimum absolute atomic E-state index is 0.179. The lowest BCUT2D eigenvalue weighted by molar-refractivity contribution is -0.141. The van der Waals surface area contributed by atoms with Crippen LogP contribution in [0.5, 0.6) is 0 Å². The summed E-state index contributed by atoms with van der Waals surface area (Å²) in [5.41, 5.74) is 5.27. The molecule has 0 unspecified atom stereocenters. The summed E-state index contributed by atoms with van der Waals surface area (Å²) in [6.45, 7) is 4.53. The molecule has 0 saturated heterocycles. The van der Waals surface area contributed by atoms with E-state index in [1.165, 1.54) is 0 Å². The second kappa shape index (κ2) is 7.30. The molecule has 3 aromatic rings. The Morgan fingerprint density at radius 1 is 1.29 bits per heavy atom. The van der Waals surface area contributed by atoms with Crippen molar-refractivity contribution in [3.8, 4) is 17.1 Å². The average Bonchev–Trinajstić information content (AvgIpc) is 3.30. The van der Waals surface area contributed by atoms with E-state index in [1.807, 2.05) is 46.7 Å². The van der Waals surface area contributed by atoms with Gasteiger partial charge in [0.25, 0.3) is 5.91 Å². The van der Waals surface area contributed by atoms with Gasteiger partial charge in [-0.15, -0.1) is 0 Å². The highest BCUT2D eigenvalue weighted by Crippen LogP contribution is 2.32. The summed E-state index contributed by atoms with van der Waals surface area (Å²) in [6, 6.07) is 9.77. The second-order valence-electron chi connectivity index (χ2n) is 6.59. The predicted molar refractivity (Wildman–Crippen MR) is 102 cm³/mol. The predicted octanol–water partition coefficient (Wildman–Crippen LogP) is 1.89. The Morgan fingerprint density at radius 2 is 2.11 bits per heavy atom. The van der Waals surface area contributed by atoms with Gasteiger partial charge in [-0.2, -0.15) is 10.2 Å². The molecule has 144 valence electrons. The molecule has 8 heteroatoms. The number of carbonyl (C=O) groups is 2. The lowest BCUT2D eigenvalue weighted by Gasteiger charge is -2.17. The number of esters is 1. The third-order valence-corrected chi connectivity index (χ3v) is 4.74. The molecule has 1 aliphatic rings. The maximum atomic E-state index is 12.4. The molecule has 3 heterocycles. The van der Waals surface area contributed by atoms with E-state index in [2.05, 4.69) is 15.5 Å². The molecule has 28 heavy (non-hydrogen) atoms. The zero-order chi connectivity index (χ0) is 19.7. The van der Waals surface area contributed by atoms with E-state index in [1.54, 1.807) is 13.0 Å². The zero-order valence-electron chi connectivity index (χ0n) is 15.8. The maximum absolute atomic E-state index is 12.4. The van der Waals surface area contributed by atoms with Crippen LogP contribution in [0.1, 0.15) is 28.5 Å². The van der Waals surface area contributed by atoms with Gasteiger partial charge in [0.1, 0.15) is 6.54 Å². The van der Waals surface area contributed by atoms with E-state index in [9.17, 15) is 9.59 Å². The van der Waals surface area contributed by atoms with Gasteiger partial charge in [-0.05, 0) is 38.0 Å². The highest BCUT2D eigenvalue weighted by atomic mass is 16.5. The van der Waals surface area contributed by atoms with Crippen molar-refractivity contribution in [1.29, 1.82) is 0 Å². The summed E-state index contributed by atoms with van der Waals surface area (Å²) in [6.07, 6.45) is 2.67. The normalized spacial score (nSPS) is 12.2. The molecule has 8 nitrogen and oxygen atoms in total. The Balaban J connectivity index is 1.65. The van der Waals surface area contributed by atoms with E-state index in [0.717, 1.165) is 34.6 Å². The standard InChI is InChI=1S/C20H21N5O3/c1-3-28-18(26)12-21-20(27)15-10-17-19-14(8-9-24(17)23-15)11-22-25(19)16-7-5-4-6-13(16)2/h4-7,10-11H,3,8-9,12H2,1-2H3,(H,21,27). The third kappa shape index (κ3) is 3.17. The second-order valence-corrected chi connectivity index (χ2v) is 6.59. The van der Waals surface area contributed by atoms with Crippen molar-refractivity contribution in [2.75, 3.05) is 13.2 Å². The number of benzene rings is 1. The fourth-order valence-electron chi connectivity index (χ4n) is 3.39.